The predicted octanol–water partition coefficient (Wildman–Crippen LogP) is 12.9. The van der Waals surface area contributed by atoms with Gasteiger partial charge in [-0.25, -0.2) is 0 Å². The van der Waals surface area contributed by atoms with Gasteiger partial charge in [0.2, 0.25) is 0 Å². The van der Waals surface area contributed by atoms with E-state index < -0.39 is 0 Å². The second-order valence-electron chi connectivity index (χ2n) is 11.7. The summed E-state index contributed by atoms with van der Waals surface area (Å²) >= 11 is 1.85. The Bertz CT molecular complexity index is 2670. The maximum atomic E-state index is 6.41. The van der Waals surface area contributed by atoms with Gasteiger partial charge in [-0.2, -0.15) is 0 Å². The Labute approximate surface area is 263 Å². The Kier molecular flexibility index (Phi) is 5.19. The summed E-state index contributed by atoms with van der Waals surface area (Å²) < 4.78 is 8.99. The van der Waals surface area contributed by atoms with Crippen LogP contribution in [-0.2, 0) is 0 Å². The number of hydrogen-bond donors (Lipinski definition) is 0. The monoisotopic (exact) mass is 591 g/mol. The molecule has 0 aliphatic heterocycles. The van der Waals surface area contributed by atoms with Crippen molar-refractivity contribution in [3.8, 4) is 0 Å². The highest BCUT2D eigenvalue weighted by Crippen LogP contribution is 2.46. The summed E-state index contributed by atoms with van der Waals surface area (Å²) in [6.07, 6.45) is 0. The number of thiophene rings is 1. The lowest BCUT2D eigenvalue weighted by atomic mass is 9.95. The molecule has 0 fully saturated rings. The lowest BCUT2D eigenvalue weighted by molar-refractivity contribution is 0.669. The molecule has 10 rings (SSSR count). The highest BCUT2D eigenvalue weighted by Gasteiger charge is 2.20. The number of benzene rings is 8. The fraction of sp³-hybridized carbons (Fsp3) is 0. The third-order valence-electron chi connectivity index (χ3n) is 9.23. The van der Waals surface area contributed by atoms with E-state index in [1.807, 2.05) is 23.5 Å². The summed E-state index contributed by atoms with van der Waals surface area (Å²) in [4.78, 5) is 2.41. The molecule has 8 aromatic carbocycles. The van der Waals surface area contributed by atoms with Crippen molar-refractivity contribution in [2.75, 3.05) is 4.90 Å². The van der Waals surface area contributed by atoms with Gasteiger partial charge in [0.15, 0.2) is 0 Å². The standard InChI is InChI=1S/C42H25NOS/c1-2-10-30-26(8-1)16-21-36-31(30)20-17-27-9-7-13-37(42(27)36)43(28-18-22-33-32-11-3-5-14-38(32)44-39(33)24-28)29-19-23-35-34-12-4-6-15-40(34)45-41(35)25-29/h1-25H. The lowest BCUT2D eigenvalue weighted by Crippen LogP contribution is -2.10. The van der Waals surface area contributed by atoms with Crippen molar-refractivity contribution in [1.29, 1.82) is 0 Å². The molecule has 3 heteroatoms. The fourth-order valence-electron chi connectivity index (χ4n) is 7.18. The molecule has 45 heavy (non-hydrogen) atoms. The summed E-state index contributed by atoms with van der Waals surface area (Å²) in [7, 11) is 0. The topological polar surface area (TPSA) is 16.4 Å². The molecule has 0 radical (unpaired) electrons. The molecule has 0 N–H and O–H groups in total. The van der Waals surface area contributed by atoms with Crippen LogP contribution in [0.4, 0.5) is 17.1 Å². The van der Waals surface area contributed by atoms with Crippen molar-refractivity contribution in [2.45, 2.75) is 0 Å². The van der Waals surface area contributed by atoms with Crippen LogP contribution in [0.15, 0.2) is 156 Å². The minimum absolute atomic E-state index is 0.887. The van der Waals surface area contributed by atoms with E-state index >= 15 is 0 Å². The van der Waals surface area contributed by atoms with E-state index in [1.54, 1.807) is 0 Å². The first-order chi connectivity index (χ1) is 22.3. The molecule has 0 unspecified atom stereocenters. The summed E-state index contributed by atoms with van der Waals surface area (Å²) in [5.41, 5.74) is 5.12. The molecule has 0 saturated heterocycles. The zero-order valence-electron chi connectivity index (χ0n) is 24.2. The first-order valence-corrected chi connectivity index (χ1v) is 16.1. The van der Waals surface area contributed by atoms with Gasteiger partial charge in [0.25, 0.3) is 0 Å². The van der Waals surface area contributed by atoms with Crippen LogP contribution in [0.25, 0.3) is 74.4 Å². The molecule has 0 saturated carbocycles. The lowest BCUT2D eigenvalue weighted by Gasteiger charge is -2.27. The molecule has 2 heterocycles. The smallest absolute Gasteiger partial charge is 0.137 e. The Hall–Kier alpha value is -5.64. The third kappa shape index (κ3) is 3.68. The summed E-state index contributed by atoms with van der Waals surface area (Å²) in [5.74, 6) is 0. The number of furan rings is 1. The van der Waals surface area contributed by atoms with E-state index in [1.165, 1.54) is 52.5 Å². The number of rotatable bonds is 3. The Morgan fingerprint density at radius 2 is 1.04 bits per heavy atom. The molecule has 2 aromatic heterocycles. The van der Waals surface area contributed by atoms with Gasteiger partial charge in [-0.3, -0.25) is 0 Å². The summed E-state index contributed by atoms with van der Waals surface area (Å²) in [6, 6.07) is 54.9. The van der Waals surface area contributed by atoms with Crippen molar-refractivity contribution >= 4 is 103 Å². The van der Waals surface area contributed by atoms with Crippen LogP contribution in [0.2, 0.25) is 0 Å². The zero-order valence-corrected chi connectivity index (χ0v) is 25.0. The molecule has 0 bridgehead atoms. The maximum absolute atomic E-state index is 6.41. The molecule has 10 aromatic rings. The van der Waals surface area contributed by atoms with Gasteiger partial charge in [0, 0.05) is 53.8 Å². The van der Waals surface area contributed by atoms with Gasteiger partial charge in [0.05, 0.1) is 5.69 Å². The molecule has 0 amide bonds. The van der Waals surface area contributed by atoms with E-state index in [-0.39, 0.29) is 0 Å². The highest BCUT2D eigenvalue weighted by molar-refractivity contribution is 7.25. The Morgan fingerprint density at radius 3 is 1.98 bits per heavy atom. The molecule has 210 valence electrons. The fourth-order valence-corrected chi connectivity index (χ4v) is 8.32. The van der Waals surface area contributed by atoms with Crippen LogP contribution < -0.4 is 4.90 Å². The minimum atomic E-state index is 0.887. The van der Waals surface area contributed by atoms with Gasteiger partial charge < -0.3 is 9.32 Å². The molecule has 2 nitrogen and oxygen atoms in total. The van der Waals surface area contributed by atoms with Gasteiger partial charge in [-0.05, 0) is 69.4 Å². The first kappa shape index (κ1) is 24.8. The van der Waals surface area contributed by atoms with Crippen molar-refractivity contribution in [3.05, 3.63) is 152 Å². The second kappa shape index (κ2) is 9.43. The van der Waals surface area contributed by atoms with Gasteiger partial charge in [0.1, 0.15) is 11.2 Å². The van der Waals surface area contributed by atoms with E-state index in [0.717, 1.165) is 39.0 Å². The Morgan fingerprint density at radius 1 is 0.400 bits per heavy atom. The van der Waals surface area contributed by atoms with Crippen molar-refractivity contribution in [3.63, 3.8) is 0 Å². The summed E-state index contributed by atoms with van der Waals surface area (Å²) in [5, 5.41) is 12.4. The van der Waals surface area contributed by atoms with Crippen LogP contribution in [0.3, 0.4) is 0 Å². The van der Waals surface area contributed by atoms with Crippen molar-refractivity contribution in [1.82, 2.24) is 0 Å². The molecular formula is C42H25NOS. The molecule has 0 aliphatic carbocycles. The third-order valence-corrected chi connectivity index (χ3v) is 10.4. The zero-order chi connectivity index (χ0) is 29.5. The minimum Gasteiger partial charge on any atom is -0.456 e. The predicted molar refractivity (Wildman–Crippen MR) is 194 cm³/mol. The SMILES string of the molecule is c1ccc2c(c1)ccc1c2ccc2cccc(N(c3ccc4c(c3)oc3ccccc34)c3ccc4c(c3)sc3ccccc34)c21. The molecule has 0 spiro atoms. The summed E-state index contributed by atoms with van der Waals surface area (Å²) in [6.45, 7) is 0. The number of anilines is 3. The van der Waals surface area contributed by atoms with E-state index in [0.29, 0.717) is 0 Å². The quantitative estimate of drug-likeness (QED) is 0.190. The average Bonchev–Trinajstić information content (AvgIpc) is 3.65. The van der Waals surface area contributed by atoms with Crippen LogP contribution in [0, 0.1) is 0 Å². The number of fused-ring (bicyclic) bond motifs is 11. The number of para-hydroxylation sites is 1. The number of nitrogens with zero attached hydrogens (tertiary/aromatic N) is 1. The van der Waals surface area contributed by atoms with Crippen LogP contribution in [0.1, 0.15) is 0 Å². The molecule has 0 atom stereocenters. The molecule has 0 aliphatic rings. The van der Waals surface area contributed by atoms with E-state index in [2.05, 4.69) is 144 Å². The second-order valence-corrected chi connectivity index (χ2v) is 12.8. The normalized spacial score (nSPS) is 12.0. The maximum Gasteiger partial charge on any atom is 0.137 e. The van der Waals surface area contributed by atoms with Gasteiger partial charge in [-0.15, -0.1) is 11.3 Å². The number of hydrogen-bond acceptors (Lipinski definition) is 3. The van der Waals surface area contributed by atoms with E-state index in [9.17, 15) is 0 Å². The van der Waals surface area contributed by atoms with Crippen molar-refractivity contribution in [2.24, 2.45) is 0 Å². The van der Waals surface area contributed by atoms with Crippen LogP contribution in [-0.4, -0.2) is 0 Å². The highest BCUT2D eigenvalue weighted by atomic mass is 32.1. The van der Waals surface area contributed by atoms with Crippen LogP contribution >= 0.6 is 11.3 Å². The van der Waals surface area contributed by atoms with Gasteiger partial charge >= 0.3 is 0 Å². The van der Waals surface area contributed by atoms with Crippen LogP contribution in [0.5, 0.6) is 0 Å². The van der Waals surface area contributed by atoms with Gasteiger partial charge in [-0.1, -0.05) is 103 Å². The van der Waals surface area contributed by atoms with Crippen molar-refractivity contribution < 1.29 is 4.42 Å². The molecular weight excluding hydrogens is 567 g/mol. The average molecular weight is 592 g/mol. The largest absolute Gasteiger partial charge is 0.456 e. The Balaban J connectivity index is 1.29. The first-order valence-electron chi connectivity index (χ1n) is 15.3. The van der Waals surface area contributed by atoms with E-state index in [4.69, 9.17) is 4.42 Å².